The Hall–Kier alpha value is -0.390. The Bertz CT molecular complexity index is 548. The Morgan fingerprint density at radius 3 is 2.42 bits per heavy atom. The second-order valence-corrected chi connectivity index (χ2v) is 5.80. The first kappa shape index (κ1) is 23.6. The van der Waals surface area contributed by atoms with Crippen LogP contribution in [0, 0.1) is 0 Å². The smallest absolute Gasteiger partial charge is 0.355 e. The van der Waals surface area contributed by atoms with Crippen molar-refractivity contribution in [3.63, 3.8) is 0 Å². The van der Waals surface area contributed by atoms with Crippen LogP contribution in [0.2, 0.25) is 10.2 Å². The van der Waals surface area contributed by atoms with Gasteiger partial charge in [0.25, 0.3) is 0 Å². The molecular formula is C13H21Cl2F3IN5. The fourth-order valence-corrected chi connectivity index (χ4v) is 2.32. The van der Waals surface area contributed by atoms with Gasteiger partial charge in [-0.2, -0.15) is 13.2 Å². The maximum Gasteiger partial charge on any atom is 0.401 e. The lowest BCUT2D eigenvalue weighted by Gasteiger charge is -2.19. The van der Waals surface area contributed by atoms with Gasteiger partial charge < -0.3 is 15.2 Å². The van der Waals surface area contributed by atoms with E-state index >= 15 is 0 Å². The third kappa shape index (κ3) is 8.13. The van der Waals surface area contributed by atoms with Crippen molar-refractivity contribution in [2.24, 2.45) is 12.0 Å². The highest BCUT2D eigenvalue weighted by Crippen LogP contribution is 2.24. The molecule has 1 aromatic heterocycles. The van der Waals surface area contributed by atoms with Crippen LogP contribution in [0.5, 0.6) is 0 Å². The summed E-state index contributed by atoms with van der Waals surface area (Å²) >= 11 is 11.9. The largest absolute Gasteiger partial charge is 0.401 e. The molecule has 1 rings (SSSR count). The van der Waals surface area contributed by atoms with E-state index in [-0.39, 0.29) is 30.5 Å². The SMILES string of the molecule is CN=C(NCCN(C)CC(F)(F)F)NCc1cc(Cl)c(Cl)n1C.I. The van der Waals surface area contributed by atoms with Gasteiger partial charge in [0, 0.05) is 32.9 Å². The number of hydrogen-bond acceptors (Lipinski definition) is 2. The molecular weight excluding hydrogens is 481 g/mol. The summed E-state index contributed by atoms with van der Waals surface area (Å²) in [5.41, 5.74) is 0.858. The van der Waals surface area contributed by atoms with Crippen LogP contribution in [0.25, 0.3) is 0 Å². The molecule has 1 aromatic rings. The van der Waals surface area contributed by atoms with Crippen LogP contribution in [0.15, 0.2) is 11.1 Å². The predicted molar refractivity (Wildman–Crippen MR) is 103 cm³/mol. The predicted octanol–water partition coefficient (Wildman–Crippen LogP) is 3.11. The Balaban J connectivity index is 0.00000529. The highest BCUT2D eigenvalue weighted by atomic mass is 127. The molecule has 0 saturated heterocycles. The van der Waals surface area contributed by atoms with Crippen LogP contribution < -0.4 is 10.6 Å². The average Bonchev–Trinajstić information content (AvgIpc) is 2.68. The minimum absolute atomic E-state index is 0. The number of rotatable bonds is 6. The molecule has 0 aliphatic rings. The molecule has 1 heterocycles. The van der Waals surface area contributed by atoms with Crippen LogP contribution in [-0.4, -0.2) is 55.3 Å². The van der Waals surface area contributed by atoms with Crippen molar-refractivity contribution in [3.05, 3.63) is 21.9 Å². The molecule has 0 saturated carbocycles. The van der Waals surface area contributed by atoms with E-state index in [2.05, 4.69) is 15.6 Å². The van der Waals surface area contributed by atoms with E-state index in [1.165, 1.54) is 11.9 Å². The van der Waals surface area contributed by atoms with Crippen LogP contribution in [0.3, 0.4) is 0 Å². The van der Waals surface area contributed by atoms with E-state index < -0.39 is 12.7 Å². The zero-order valence-electron chi connectivity index (χ0n) is 13.5. The Kier molecular flexibility index (Phi) is 10.4. The van der Waals surface area contributed by atoms with Crippen molar-refractivity contribution in [2.75, 3.05) is 33.7 Å². The molecule has 0 spiro atoms. The molecule has 140 valence electrons. The summed E-state index contributed by atoms with van der Waals surface area (Å²) < 4.78 is 38.4. The van der Waals surface area contributed by atoms with Gasteiger partial charge in [0.15, 0.2) is 5.96 Å². The maximum atomic E-state index is 12.2. The van der Waals surface area contributed by atoms with Gasteiger partial charge in [-0.05, 0) is 13.1 Å². The zero-order valence-corrected chi connectivity index (χ0v) is 17.4. The number of aliphatic imine (C=N–C) groups is 1. The molecule has 2 N–H and O–H groups in total. The third-order valence-electron chi connectivity index (χ3n) is 3.11. The summed E-state index contributed by atoms with van der Waals surface area (Å²) in [4.78, 5) is 5.20. The summed E-state index contributed by atoms with van der Waals surface area (Å²) in [7, 11) is 4.78. The fraction of sp³-hybridized carbons (Fsp3) is 0.615. The molecule has 5 nitrogen and oxygen atoms in total. The maximum absolute atomic E-state index is 12.2. The van der Waals surface area contributed by atoms with Crippen molar-refractivity contribution in [3.8, 4) is 0 Å². The molecule has 0 bridgehead atoms. The molecule has 0 amide bonds. The summed E-state index contributed by atoms with van der Waals surface area (Å²) in [6.07, 6.45) is -4.19. The highest BCUT2D eigenvalue weighted by molar-refractivity contribution is 14.0. The van der Waals surface area contributed by atoms with E-state index in [1.54, 1.807) is 24.7 Å². The molecule has 0 aliphatic carbocycles. The lowest BCUT2D eigenvalue weighted by atomic mass is 10.4. The molecule has 11 heteroatoms. The minimum atomic E-state index is -4.19. The van der Waals surface area contributed by atoms with Gasteiger partial charge in [0.2, 0.25) is 0 Å². The molecule has 0 aliphatic heterocycles. The first-order valence-electron chi connectivity index (χ1n) is 6.83. The van der Waals surface area contributed by atoms with Gasteiger partial charge in [-0.15, -0.1) is 24.0 Å². The number of hydrogen-bond donors (Lipinski definition) is 2. The molecule has 0 fully saturated rings. The summed E-state index contributed by atoms with van der Waals surface area (Å²) in [5, 5.41) is 6.91. The minimum Gasteiger partial charge on any atom is -0.355 e. The number of nitrogens with one attached hydrogen (secondary N) is 2. The lowest BCUT2D eigenvalue weighted by Crippen LogP contribution is -2.42. The van der Waals surface area contributed by atoms with Crippen molar-refractivity contribution >= 4 is 53.1 Å². The third-order valence-corrected chi connectivity index (χ3v) is 3.95. The normalized spacial score (nSPS) is 12.3. The van der Waals surface area contributed by atoms with Gasteiger partial charge in [0.1, 0.15) is 5.15 Å². The van der Waals surface area contributed by atoms with Crippen LogP contribution in [0.4, 0.5) is 13.2 Å². The Labute approximate surface area is 166 Å². The number of halogens is 6. The summed E-state index contributed by atoms with van der Waals surface area (Å²) in [6.45, 7) is 0.0605. The van der Waals surface area contributed by atoms with Crippen LogP contribution >= 0.6 is 47.2 Å². The fourth-order valence-electron chi connectivity index (χ4n) is 1.90. The van der Waals surface area contributed by atoms with Crippen LogP contribution in [-0.2, 0) is 13.6 Å². The lowest BCUT2D eigenvalue weighted by molar-refractivity contribution is -0.142. The number of alkyl halides is 3. The van der Waals surface area contributed by atoms with E-state index in [1.807, 2.05) is 0 Å². The van der Waals surface area contributed by atoms with E-state index in [0.29, 0.717) is 29.2 Å². The van der Waals surface area contributed by atoms with E-state index in [9.17, 15) is 13.2 Å². The zero-order chi connectivity index (χ0) is 17.6. The molecule has 0 aromatic carbocycles. The standard InChI is InChI=1S/C13H20Cl2F3N5.HI/c1-19-12(20-4-5-22(2)8-13(16,17)18)21-7-9-6-10(14)11(15)23(9)3;/h6H,4-5,7-8H2,1-3H3,(H2,19,20,21);1H. The Morgan fingerprint density at radius 2 is 1.96 bits per heavy atom. The summed E-state index contributed by atoms with van der Waals surface area (Å²) in [6, 6.07) is 1.74. The van der Waals surface area contributed by atoms with Gasteiger partial charge in [-0.1, -0.05) is 23.2 Å². The van der Waals surface area contributed by atoms with Crippen molar-refractivity contribution in [1.82, 2.24) is 20.1 Å². The highest BCUT2D eigenvalue weighted by Gasteiger charge is 2.28. The molecule has 0 unspecified atom stereocenters. The number of aromatic nitrogens is 1. The van der Waals surface area contributed by atoms with Gasteiger partial charge >= 0.3 is 6.18 Å². The molecule has 0 atom stereocenters. The number of likely N-dealkylation sites (N-methyl/N-ethyl adjacent to an activating group) is 1. The quantitative estimate of drug-likeness (QED) is 0.357. The molecule has 24 heavy (non-hydrogen) atoms. The first-order chi connectivity index (χ1) is 10.6. The second kappa shape index (κ2) is 10.6. The first-order valence-corrected chi connectivity index (χ1v) is 7.59. The average molecular weight is 502 g/mol. The van der Waals surface area contributed by atoms with Crippen LogP contribution in [0.1, 0.15) is 5.69 Å². The van der Waals surface area contributed by atoms with Crippen molar-refractivity contribution in [1.29, 1.82) is 0 Å². The Morgan fingerprint density at radius 1 is 1.33 bits per heavy atom. The second-order valence-electron chi connectivity index (χ2n) is 5.04. The molecule has 0 radical (unpaired) electrons. The van der Waals surface area contributed by atoms with Gasteiger partial charge in [-0.25, -0.2) is 0 Å². The van der Waals surface area contributed by atoms with Gasteiger partial charge in [0.05, 0.1) is 18.1 Å². The van der Waals surface area contributed by atoms with E-state index in [0.717, 1.165) is 5.69 Å². The van der Waals surface area contributed by atoms with E-state index in [4.69, 9.17) is 23.2 Å². The monoisotopic (exact) mass is 501 g/mol. The number of guanidine groups is 1. The summed E-state index contributed by atoms with van der Waals surface area (Å²) in [5.74, 6) is 0.485. The number of nitrogens with zero attached hydrogens (tertiary/aromatic N) is 3. The van der Waals surface area contributed by atoms with Crippen molar-refractivity contribution in [2.45, 2.75) is 12.7 Å². The topological polar surface area (TPSA) is 44.6 Å². The van der Waals surface area contributed by atoms with Gasteiger partial charge in [-0.3, -0.25) is 9.89 Å². The van der Waals surface area contributed by atoms with Crippen molar-refractivity contribution < 1.29 is 13.2 Å².